The highest BCUT2D eigenvalue weighted by molar-refractivity contribution is 5.78. The Morgan fingerprint density at radius 3 is 1.89 bits per heavy atom. The molecule has 0 aliphatic heterocycles. The quantitative estimate of drug-likeness (QED) is 0.494. The van der Waals surface area contributed by atoms with E-state index < -0.39 is 4.92 Å². The van der Waals surface area contributed by atoms with Crippen LogP contribution in [-0.2, 0) is 4.79 Å². The van der Waals surface area contributed by atoms with E-state index in [0.29, 0.717) is 12.1 Å². The van der Waals surface area contributed by atoms with Crippen molar-refractivity contribution in [2.45, 2.75) is 39.5 Å². The van der Waals surface area contributed by atoms with Crippen molar-refractivity contribution in [3.05, 3.63) is 33.4 Å². The lowest BCUT2D eigenvalue weighted by atomic mass is 9.92. The van der Waals surface area contributed by atoms with Gasteiger partial charge in [-0.05, 0) is 23.0 Å². The maximum absolute atomic E-state index is 10.9. The van der Waals surface area contributed by atoms with Crippen molar-refractivity contribution in [2.75, 3.05) is 5.32 Å². The van der Waals surface area contributed by atoms with Gasteiger partial charge in [0.1, 0.15) is 0 Å². The van der Waals surface area contributed by atoms with Gasteiger partial charge in [-0.15, -0.1) is 0 Å². The molecule has 18 heavy (non-hydrogen) atoms. The first-order chi connectivity index (χ1) is 8.38. The zero-order chi connectivity index (χ0) is 13.9. The summed E-state index contributed by atoms with van der Waals surface area (Å²) >= 11 is 0. The number of nitro benzene ring substituents is 1. The fourth-order valence-corrected chi connectivity index (χ4v) is 1.91. The van der Waals surface area contributed by atoms with E-state index in [4.69, 9.17) is 0 Å². The Hall–Kier alpha value is -1.91. The third kappa shape index (κ3) is 2.85. The molecule has 0 unspecified atom stereocenters. The Bertz CT molecular complexity index is 438. The van der Waals surface area contributed by atoms with Gasteiger partial charge < -0.3 is 5.32 Å². The van der Waals surface area contributed by atoms with Crippen LogP contribution in [0.15, 0.2) is 12.1 Å². The predicted octanol–water partition coefficient (Wildman–Crippen LogP) is 3.41. The van der Waals surface area contributed by atoms with E-state index in [9.17, 15) is 14.9 Å². The van der Waals surface area contributed by atoms with E-state index in [1.165, 1.54) is 12.1 Å². The van der Waals surface area contributed by atoms with Gasteiger partial charge in [-0.3, -0.25) is 14.9 Å². The van der Waals surface area contributed by atoms with Gasteiger partial charge in [0.25, 0.3) is 5.69 Å². The number of anilines is 1. The molecule has 5 heteroatoms. The average Bonchev–Trinajstić information content (AvgIpc) is 2.28. The monoisotopic (exact) mass is 250 g/mol. The Kier molecular flexibility index (Phi) is 4.42. The van der Waals surface area contributed by atoms with Crippen molar-refractivity contribution in [1.29, 1.82) is 0 Å². The Balaban J connectivity index is 3.53. The van der Waals surface area contributed by atoms with Crippen LogP contribution in [0.5, 0.6) is 0 Å². The molecule has 0 saturated heterocycles. The molecule has 0 spiro atoms. The van der Waals surface area contributed by atoms with Crippen molar-refractivity contribution >= 4 is 17.8 Å². The number of non-ortho nitro benzene ring substituents is 1. The molecule has 0 radical (unpaired) electrons. The maximum Gasteiger partial charge on any atom is 0.270 e. The Labute approximate surface area is 106 Å². The normalized spacial score (nSPS) is 10.8. The molecule has 0 atom stereocenters. The van der Waals surface area contributed by atoms with E-state index in [1.54, 1.807) is 0 Å². The summed E-state index contributed by atoms with van der Waals surface area (Å²) in [6.45, 7) is 7.77. The molecule has 1 aromatic carbocycles. The molecule has 0 saturated carbocycles. The minimum Gasteiger partial charge on any atom is -0.328 e. The van der Waals surface area contributed by atoms with Crippen LogP contribution in [0.3, 0.4) is 0 Å². The van der Waals surface area contributed by atoms with Crippen molar-refractivity contribution in [1.82, 2.24) is 0 Å². The molecule has 0 heterocycles. The molecule has 98 valence electrons. The van der Waals surface area contributed by atoms with Crippen molar-refractivity contribution in [3.8, 4) is 0 Å². The number of nitro groups is 1. The fourth-order valence-electron chi connectivity index (χ4n) is 1.91. The standard InChI is InChI=1S/C13H18N2O3/c1-8(2)11-5-10(15(17)18)6-12(9(3)4)13(11)14-7-16/h5-9H,1-4H3,(H,14,16). The van der Waals surface area contributed by atoms with Crippen LogP contribution >= 0.6 is 0 Å². The summed E-state index contributed by atoms with van der Waals surface area (Å²) in [5, 5.41) is 13.6. The summed E-state index contributed by atoms with van der Waals surface area (Å²) < 4.78 is 0. The highest BCUT2D eigenvalue weighted by atomic mass is 16.6. The van der Waals surface area contributed by atoms with Gasteiger partial charge in [0, 0.05) is 17.8 Å². The van der Waals surface area contributed by atoms with Gasteiger partial charge in [-0.2, -0.15) is 0 Å². The van der Waals surface area contributed by atoms with Gasteiger partial charge in [-0.1, -0.05) is 27.7 Å². The first-order valence-electron chi connectivity index (χ1n) is 5.90. The molecular formula is C13H18N2O3. The zero-order valence-electron chi connectivity index (χ0n) is 11.1. The Morgan fingerprint density at radius 1 is 1.17 bits per heavy atom. The summed E-state index contributed by atoms with van der Waals surface area (Å²) in [7, 11) is 0. The smallest absolute Gasteiger partial charge is 0.270 e. The molecule has 5 nitrogen and oxygen atoms in total. The average molecular weight is 250 g/mol. The second-order valence-electron chi connectivity index (χ2n) is 4.83. The first-order valence-corrected chi connectivity index (χ1v) is 5.90. The molecule has 1 rings (SSSR count). The van der Waals surface area contributed by atoms with E-state index >= 15 is 0 Å². The van der Waals surface area contributed by atoms with Crippen molar-refractivity contribution in [3.63, 3.8) is 0 Å². The minimum absolute atomic E-state index is 0.0684. The SMILES string of the molecule is CC(C)c1cc([N+](=O)[O-])cc(C(C)C)c1NC=O. The molecule has 0 aliphatic rings. The highest BCUT2D eigenvalue weighted by Gasteiger charge is 2.19. The van der Waals surface area contributed by atoms with Crippen LogP contribution in [-0.4, -0.2) is 11.3 Å². The summed E-state index contributed by atoms with van der Waals surface area (Å²) in [4.78, 5) is 21.2. The van der Waals surface area contributed by atoms with E-state index in [0.717, 1.165) is 11.1 Å². The number of carbonyl (C=O) groups is 1. The largest absolute Gasteiger partial charge is 0.328 e. The summed E-state index contributed by atoms with van der Waals surface area (Å²) in [6.07, 6.45) is 0.610. The van der Waals surface area contributed by atoms with E-state index in [1.807, 2.05) is 27.7 Å². The minimum atomic E-state index is -0.400. The number of amides is 1. The van der Waals surface area contributed by atoms with Gasteiger partial charge in [0.2, 0.25) is 6.41 Å². The third-order valence-electron chi connectivity index (χ3n) is 2.84. The third-order valence-corrected chi connectivity index (χ3v) is 2.84. The van der Waals surface area contributed by atoms with Crippen LogP contribution < -0.4 is 5.32 Å². The van der Waals surface area contributed by atoms with Crippen LogP contribution in [0.1, 0.15) is 50.7 Å². The number of carbonyl (C=O) groups excluding carboxylic acids is 1. The summed E-state index contributed by atoms with van der Waals surface area (Å²) in [5.41, 5.74) is 2.35. The number of nitrogens with zero attached hydrogens (tertiary/aromatic N) is 1. The lowest BCUT2D eigenvalue weighted by Gasteiger charge is -2.18. The molecule has 1 aromatic rings. The number of hydrogen-bond donors (Lipinski definition) is 1. The van der Waals surface area contributed by atoms with Crippen LogP contribution in [0.2, 0.25) is 0 Å². The van der Waals surface area contributed by atoms with Crippen LogP contribution in [0.25, 0.3) is 0 Å². The molecule has 0 aromatic heterocycles. The second-order valence-corrected chi connectivity index (χ2v) is 4.83. The van der Waals surface area contributed by atoms with Gasteiger partial charge in [0.15, 0.2) is 0 Å². The summed E-state index contributed by atoms with van der Waals surface area (Å²) in [6, 6.07) is 3.06. The van der Waals surface area contributed by atoms with Crippen LogP contribution in [0.4, 0.5) is 11.4 Å². The zero-order valence-corrected chi connectivity index (χ0v) is 11.1. The van der Waals surface area contributed by atoms with Crippen molar-refractivity contribution in [2.24, 2.45) is 0 Å². The molecule has 0 aliphatic carbocycles. The van der Waals surface area contributed by atoms with Gasteiger partial charge in [-0.25, -0.2) is 0 Å². The first kappa shape index (κ1) is 14.2. The second kappa shape index (κ2) is 5.62. The van der Waals surface area contributed by atoms with Crippen LogP contribution in [0, 0.1) is 10.1 Å². The highest BCUT2D eigenvalue weighted by Crippen LogP contribution is 2.35. The van der Waals surface area contributed by atoms with Crippen molar-refractivity contribution < 1.29 is 9.72 Å². The predicted molar refractivity (Wildman–Crippen MR) is 71.0 cm³/mol. The van der Waals surface area contributed by atoms with Gasteiger partial charge >= 0.3 is 0 Å². The van der Waals surface area contributed by atoms with E-state index in [2.05, 4.69) is 5.32 Å². The summed E-state index contributed by atoms with van der Waals surface area (Å²) in [5.74, 6) is 0.203. The molecule has 1 amide bonds. The number of nitrogens with one attached hydrogen (secondary N) is 1. The maximum atomic E-state index is 10.9. The molecule has 1 N–H and O–H groups in total. The Morgan fingerprint density at radius 2 is 1.61 bits per heavy atom. The van der Waals surface area contributed by atoms with Gasteiger partial charge in [0.05, 0.1) is 4.92 Å². The lowest BCUT2D eigenvalue weighted by molar-refractivity contribution is -0.385. The lowest BCUT2D eigenvalue weighted by Crippen LogP contribution is -2.07. The molecular weight excluding hydrogens is 232 g/mol. The number of rotatable bonds is 5. The molecule has 0 fully saturated rings. The topological polar surface area (TPSA) is 72.2 Å². The molecule has 0 bridgehead atoms. The van der Waals surface area contributed by atoms with E-state index in [-0.39, 0.29) is 17.5 Å². The fraction of sp³-hybridized carbons (Fsp3) is 0.462. The number of benzene rings is 1. The number of hydrogen-bond acceptors (Lipinski definition) is 3.